The average molecular weight is 405 g/mol. The van der Waals surface area contributed by atoms with E-state index < -0.39 is 23.5 Å². The van der Waals surface area contributed by atoms with Crippen LogP contribution in [0.3, 0.4) is 0 Å². The van der Waals surface area contributed by atoms with Crippen LogP contribution in [0.4, 0.5) is 0 Å². The second-order valence-electron chi connectivity index (χ2n) is 8.44. The number of carboxylic acids is 1. The number of nitrogens with one attached hydrogen (secondary N) is 1. The first-order valence-electron chi connectivity index (χ1n) is 10.0. The van der Waals surface area contributed by atoms with E-state index in [1.807, 2.05) is 45.0 Å². The molecule has 7 heteroatoms. The Labute approximate surface area is 172 Å². The molecule has 1 aliphatic carbocycles. The quantitative estimate of drug-likeness (QED) is 0.332. The van der Waals surface area contributed by atoms with Gasteiger partial charge in [-0.25, -0.2) is 5.48 Å². The van der Waals surface area contributed by atoms with E-state index in [0.717, 1.165) is 36.8 Å². The Balaban J connectivity index is 2.16. The molecule has 0 aromatic heterocycles. The van der Waals surface area contributed by atoms with Gasteiger partial charge in [0.15, 0.2) is 0 Å². The van der Waals surface area contributed by atoms with Gasteiger partial charge in [0.2, 0.25) is 0 Å². The topological polar surface area (TPSA) is 99.1 Å². The molecule has 1 amide bonds. The van der Waals surface area contributed by atoms with Crippen molar-refractivity contribution in [3.63, 3.8) is 0 Å². The Morgan fingerprint density at radius 3 is 2.38 bits per heavy atom. The molecule has 0 heterocycles. The van der Waals surface area contributed by atoms with E-state index >= 15 is 0 Å². The number of hydroxylamine groups is 1. The summed E-state index contributed by atoms with van der Waals surface area (Å²) >= 11 is 0. The lowest BCUT2D eigenvalue weighted by Gasteiger charge is -2.35. The Bertz CT molecular complexity index is 703. The van der Waals surface area contributed by atoms with Crippen molar-refractivity contribution in [3.8, 4) is 0 Å². The maximum absolute atomic E-state index is 12.0. The molecule has 0 bridgehead atoms. The number of carboxylic acid groups (broad SMARTS) is 1. The molecule has 0 aliphatic heterocycles. The lowest BCUT2D eigenvalue weighted by atomic mass is 10.1. The predicted octanol–water partition coefficient (Wildman–Crippen LogP) is 3.22. The van der Waals surface area contributed by atoms with E-state index in [9.17, 15) is 14.7 Å². The molecular formula is C22H32N2O5. The molecule has 2 rings (SSSR count). The zero-order chi connectivity index (χ0) is 21.4. The number of benzene rings is 1. The SMILES string of the molecule is CC(C)(C)OCC(C(=O)O)N(Cc1ccc(C=CC(=O)NO)cc1)C1CCCC1. The molecule has 1 saturated carbocycles. The fraction of sp³-hybridized carbons (Fsp3) is 0.545. The molecule has 0 saturated heterocycles. The molecule has 1 fully saturated rings. The van der Waals surface area contributed by atoms with Gasteiger partial charge in [0, 0.05) is 18.7 Å². The molecule has 0 radical (unpaired) electrons. The number of carbonyl (C=O) groups excluding carboxylic acids is 1. The third-order valence-electron chi connectivity index (χ3n) is 5.04. The van der Waals surface area contributed by atoms with Crippen LogP contribution in [0.25, 0.3) is 6.08 Å². The predicted molar refractivity (Wildman–Crippen MR) is 110 cm³/mol. The molecule has 0 spiro atoms. The monoisotopic (exact) mass is 404 g/mol. The molecule has 1 aliphatic rings. The van der Waals surface area contributed by atoms with Gasteiger partial charge in [-0.1, -0.05) is 37.1 Å². The maximum atomic E-state index is 12.0. The van der Waals surface area contributed by atoms with Crippen LogP contribution in [0.1, 0.15) is 57.6 Å². The van der Waals surface area contributed by atoms with Crippen LogP contribution in [0.2, 0.25) is 0 Å². The molecule has 160 valence electrons. The maximum Gasteiger partial charge on any atom is 0.323 e. The molecule has 1 unspecified atom stereocenters. The Kier molecular flexibility index (Phi) is 8.37. The van der Waals surface area contributed by atoms with E-state index in [1.54, 1.807) is 11.6 Å². The second-order valence-corrected chi connectivity index (χ2v) is 8.44. The number of aliphatic carboxylic acids is 1. The molecule has 7 nitrogen and oxygen atoms in total. The fourth-order valence-corrected chi connectivity index (χ4v) is 3.52. The standard InChI is InChI=1S/C22H32N2O5/c1-22(2,3)29-15-19(21(26)27)24(18-6-4-5-7-18)14-17-10-8-16(9-11-17)12-13-20(25)23-28/h8-13,18-19,28H,4-7,14-15H2,1-3H3,(H,23,25)(H,26,27). The normalized spacial score (nSPS) is 16.4. The number of carbonyl (C=O) groups is 2. The van der Waals surface area contributed by atoms with Crippen LogP contribution in [-0.2, 0) is 20.9 Å². The Morgan fingerprint density at radius 1 is 1.24 bits per heavy atom. The summed E-state index contributed by atoms with van der Waals surface area (Å²) in [6.07, 6.45) is 7.06. The highest BCUT2D eigenvalue weighted by Crippen LogP contribution is 2.28. The number of hydrogen-bond donors (Lipinski definition) is 3. The summed E-state index contributed by atoms with van der Waals surface area (Å²) in [5.41, 5.74) is 2.97. The van der Waals surface area contributed by atoms with Gasteiger partial charge >= 0.3 is 5.97 Å². The van der Waals surface area contributed by atoms with Crippen molar-refractivity contribution in [3.05, 3.63) is 41.5 Å². The van der Waals surface area contributed by atoms with Crippen LogP contribution < -0.4 is 5.48 Å². The van der Waals surface area contributed by atoms with E-state index in [4.69, 9.17) is 9.94 Å². The van der Waals surface area contributed by atoms with E-state index in [2.05, 4.69) is 4.90 Å². The zero-order valence-electron chi connectivity index (χ0n) is 17.4. The van der Waals surface area contributed by atoms with Gasteiger partial charge in [-0.3, -0.25) is 19.7 Å². The summed E-state index contributed by atoms with van der Waals surface area (Å²) in [6.45, 7) is 6.45. The van der Waals surface area contributed by atoms with Crippen LogP contribution in [-0.4, -0.2) is 51.4 Å². The van der Waals surface area contributed by atoms with Crippen molar-refractivity contribution in [2.75, 3.05) is 6.61 Å². The molecule has 3 N–H and O–H groups in total. The molecule has 1 aromatic carbocycles. The van der Waals surface area contributed by atoms with Crippen molar-refractivity contribution in [1.29, 1.82) is 0 Å². The minimum absolute atomic E-state index is 0.145. The third kappa shape index (κ3) is 7.61. The van der Waals surface area contributed by atoms with E-state index in [0.29, 0.717) is 6.54 Å². The third-order valence-corrected chi connectivity index (χ3v) is 5.04. The average Bonchev–Trinajstić information content (AvgIpc) is 3.19. The molecule has 1 aromatic rings. The minimum Gasteiger partial charge on any atom is -0.480 e. The summed E-state index contributed by atoms with van der Waals surface area (Å²) in [6, 6.07) is 7.12. The van der Waals surface area contributed by atoms with Gasteiger partial charge in [-0.05, 0) is 50.8 Å². The van der Waals surface area contributed by atoms with Crippen LogP contribution in [0.5, 0.6) is 0 Å². The fourth-order valence-electron chi connectivity index (χ4n) is 3.52. The van der Waals surface area contributed by atoms with E-state index in [-0.39, 0.29) is 12.6 Å². The first-order chi connectivity index (χ1) is 13.7. The molecule has 1 atom stereocenters. The summed E-state index contributed by atoms with van der Waals surface area (Å²) in [7, 11) is 0. The van der Waals surface area contributed by atoms with Gasteiger partial charge in [-0.15, -0.1) is 0 Å². The van der Waals surface area contributed by atoms with Gasteiger partial charge in [0.25, 0.3) is 5.91 Å². The van der Waals surface area contributed by atoms with Crippen molar-refractivity contribution in [2.24, 2.45) is 0 Å². The number of nitrogens with zero attached hydrogens (tertiary/aromatic N) is 1. The Morgan fingerprint density at radius 2 is 1.86 bits per heavy atom. The number of hydrogen-bond acceptors (Lipinski definition) is 5. The smallest absolute Gasteiger partial charge is 0.323 e. The minimum atomic E-state index is -0.865. The van der Waals surface area contributed by atoms with Crippen molar-refractivity contribution < 1.29 is 24.6 Å². The van der Waals surface area contributed by atoms with E-state index in [1.165, 1.54) is 6.08 Å². The summed E-state index contributed by atoms with van der Waals surface area (Å²) in [5, 5.41) is 18.4. The highest BCUT2D eigenvalue weighted by atomic mass is 16.5. The summed E-state index contributed by atoms with van der Waals surface area (Å²) in [5.74, 6) is -1.46. The largest absolute Gasteiger partial charge is 0.480 e. The lowest BCUT2D eigenvalue weighted by Crippen LogP contribution is -2.49. The first kappa shape index (κ1) is 23.1. The first-order valence-corrected chi connectivity index (χ1v) is 10.0. The summed E-state index contributed by atoms with van der Waals surface area (Å²) < 4.78 is 5.83. The van der Waals surface area contributed by atoms with Crippen LogP contribution in [0.15, 0.2) is 30.3 Å². The molecule has 29 heavy (non-hydrogen) atoms. The van der Waals surface area contributed by atoms with Crippen LogP contribution >= 0.6 is 0 Å². The Hall–Kier alpha value is -2.22. The number of rotatable bonds is 9. The highest BCUT2D eigenvalue weighted by Gasteiger charge is 2.34. The lowest BCUT2D eigenvalue weighted by molar-refractivity contribution is -0.150. The summed E-state index contributed by atoms with van der Waals surface area (Å²) in [4.78, 5) is 25.2. The van der Waals surface area contributed by atoms with Gasteiger partial charge < -0.3 is 9.84 Å². The van der Waals surface area contributed by atoms with Crippen molar-refractivity contribution in [2.45, 2.75) is 70.7 Å². The highest BCUT2D eigenvalue weighted by molar-refractivity contribution is 5.90. The molecular weight excluding hydrogens is 372 g/mol. The van der Waals surface area contributed by atoms with Gasteiger partial charge in [0.05, 0.1) is 12.2 Å². The zero-order valence-corrected chi connectivity index (χ0v) is 17.4. The number of amides is 1. The van der Waals surface area contributed by atoms with Crippen LogP contribution in [0, 0.1) is 0 Å². The second kappa shape index (κ2) is 10.5. The van der Waals surface area contributed by atoms with Gasteiger partial charge in [-0.2, -0.15) is 0 Å². The van der Waals surface area contributed by atoms with Gasteiger partial charge in [0.1, 0.15) is 6.04 Å². The van der Waals surface area contributed by atoms with Crippen molar-refractivity contribution >= 4 is 18.0 Å². The van der Waals surface area contributed by atoms with Crippen molar-refractivity contribution in [1.82, 2.24) is 10.4 Å². The number of ether oxygens (including phenoxy) is 1.